The van der Waals surface area contributed by atoms with Crippen molar-refractivity contribution in [3.05, 3.63) is 52.4 Å². The van der Waals surface area contributed by atoms with Crippen molar-refractivity contribution in [1.82, 2.24) is 0 Å². The molecular formula is C14H15Cl2N2O2+. The number of quaternary nitrogens is 1. The van der Waals surface area contributed by atoms with Crippen LogP contribution in [0.4, 0.5) is 5.69 Å². The van der Waals surface area contributed by atoms with Gasteiger partial charge in [0.2, 0.25) is 0 Å². The molecule has 1 heterocycles. The van der Waals surface area contributed by atoms with E-state index in [1.807, 2.05) is 24.4 Å². The minimum atomic E-state index is -0.132. The molecule has 0 aliphatic heterocycles. The molecule has 0 radical (unpaired) electrons. The molecule has 0 saturated carbocycles. The Hall–Kier alpha value is -1.49. The number of anilines is 1. The third-order valence-corrected chi connectivity index (χ3v) is 3.40. The number of hydrogen-bond acceptors (Lipinski definition) is 2. The van der Waals surface area contributed by atoms with Gasteiger partial charge in [-0.15, -0.1) is 0 Å². The second kappa shape index (κ2) is 6.79. The van der Waals surface area contributed by atoms with Gasteiger partial charge >= 0.3 is 0 Å². The summed E-state index contributed by atoms with van der Waals surface area (Å²) in [4.78, 5) is 11.9. The summed E-state index contributed by atoms with van der Waals surface area (Å²) in [6.07, 6.45) is 1.62. The molecule has 4 nitrogen and oxygen atoms in total. The van der Waals surface area contributed by atoms with Gasteiger partial charge in [-0.3, -0.25) is 4.79 Å². The first kappa shape index (κ1) is 14.9. The van der Waals surface area contributed by atoms with Crippen molar-refractivity contribution in [3.63, 3.8) is 0 Å². The number of nitrogens with one attached hydrogen (secondary N) is 1. The first-order chi connectivity index (χ1) is 9.56. The fraction of sp³-hybridized carbons (Fsp3) is 0.214. The zero-order valence-electron chi connectivity index (χ0n) is 10.9. The number of carbonyl (C=O) groups excluding carboxylic acids is 1. The lowest BCUT2D eigenvalue weighted by Gasteiger charge is -2.09. The van der Waals surface area contributed by atoms with Gasteiger partial charge in [0.05, 0.1) is 17.0 Å². The molecule has 0 saturated heterocycles. The highest BCUT2D eigenvalue weighted by molar-refractivity contribution is 6.36. The van der Waals surface area contributed by atoms with Crippen LogP contribution >= 0.6 is 23.2 Å². The molecule has 2 rings (SSSR count). The maximum Gasteiger partial charge on any atom is 0.279 e. The van der Waals surface area contributed by atoms with E-state index in [4.69, 9.17) is 27.6 Å². The van der Waals surface area contributed by atoms with Crippen molar-refractivity contribution in [1.29, 1.82) is 0 Å². The van der Waals surface area contributed by atoms with Crippen LogP contribution in [0.2, 0.25) is 10.0 Å². The molecule has 106 valence electrons. The monoisotopic (exact) mass is 313 g/mol. The molecule has 1 aromatic heterocycles. The average Bonchev–Trinajstić information content (AvgIpc) is 2.93. The van der Waals surface area contributed by atoms with Gasteiger partial charge in [-0.25, -0.2) is 0 Å². The molecule has 6 heteroatoms. The second-order valence-corrected chi connectivity index (χ2v) is 5.26. The van der Waals surface area contributed by atoms with Gasteiger partial charge in [-0.2, -0.15) is 0 Å². The Balaban J connectivity index is 1.86. The Morgan fingerprint density at radius 1 is 1.40 bits per heavy atom. The largest absolute Gasteiger partial charge is 0.463 e. The maximum absolute atomic E-state index is 11.9. The third kappa shape index (κ3) is 4.00. The number of halogens is 2. The second-order valence-electron chi connectivity index (χ2n) is 4.42. The van der Waals surface area contributed by atoms with E-state index in [1.54, 1.807) is 24.5 Å². The molecule has 0 bridgehead atoms. The standard InChI is InChI=1S/C14H14Cl2N2O2/c1-9(13-3-2-6-20-13)17-8-14(19)18-12-5-4-10(15)7-11(12)16/h2-7,9,17H,8H2,1H3,(H,18,19)/p+1/t9-/m0/s1. The van der Waals surface area contributed by atoms with Crippen LogP contribution < -0.4 is 10.6 Å². The summed E-state index contributed by atoms with van der Waals surface area (Å²) in [6.45, 7) is 2.25. The van der Waals surface area contributed by atoms with Crippen LogP contribution in [0, 0.1) is 0 Å². The van der Waals surface area contributed by atoms with E-state index < -0.39 is 0 Å². The van der Waals surface area contributed by atoms with Gasteiger partial charge < -0.3 is 15.1 Å². The fourth-order valence-corrected chi connectivity index (χ4v) is 2.20. The van der Waals surface area contributed by atoms with E-state index in [9.17, 15) is 4.79 Å². The summed E-state index contributed by atoms with van der Waals surface area (Å²) in [7, 11) is 0. The molecule has 2 aromatic rings. The molecule has 1 amide bonds. The molecule has 0 aliphatic carbocycles. The molecule has 1 atom stereocenters. The number of hydrogen-bond donors (Lipinski definition) is 2. The molecule has 20 heavy (non-hydrogen) atoms. The SMILES string of the molecule is C[C@H]([NH2+]CC(=O)Nc1ccc(Cl)cc1Cl)c1ccco1. The lowest BCUT2D eigenvalue weighted by Crippen LogP contribution is -2.86. The van der Waals surface area contributed by atoms with Crippen molar-refractivity contribution in [2.75, 3.05) is 11.9 Å². The van der Waals surface area contributed by atoms with Crippen LogP contribution in [0.1, 0.15) is 18.7 Å². The highest BCUT2D eigenvalue weighted by atomic mass is 35.5. The lowest BCUT2D eigenvalue weighted by atomic mass is 10.2. The van der Waals surface area contributed by atoms with E-state index in [1.165, 1.54) is 0 Å². The Labute approximate surface area is 127 Å². The van der Waals surface area contributed by atoms with Crippen LogP contribution in [-0.2, 0) is 4.79 Å². The van der Waals surface area contributed by atoms with Crippen LogP contribution in [0.25, 0.3) is 0 Å². The van der Waals surface area contributed by atoms with Crippen LogP contribution in [0.5, 0.6) is 0 Å². The molecular weight excluding hydrogens is 299 g/mol. The van der Waals surface area contributed by atoms with Gasteiger partial charge in [0, 0.05) is 5.02 Å². The molecule has 0 spiro atoms. The maximum atomic E-state index is 11.9. The Bertz CT molecular complexity index is 585. The predicted molar refractivity (Wildman–Crippen MR) is 79.0 cm³/mol. The van der Waals surface area contributed by atoms with Crippen LogP contribution in [-0.4, -0.2) is 12.5 Å². The summed E-state index contributed by atoms with van der Waals surface area (Å²) in [6, 6.07) is 8.74. The predicted octanol–water partition coefficient (Wildman–Crippen LogP) is 2.85. The number of nitrogens with two attached hydrogens (primary N) is 1. The fourth-order valence-electron chi connectivity index (χ4n) is 1.74. The summed E-state index contributed by atoms with van der Waals surface area (Å²) < 4.78 is 5.28. The summed E-state index contributed by atoms with van der Waals surface area (Å²) in [5.41, 5.74) is 0.556. The van der Waals surface area contributed by atoms with E-state index in [0.717, 1.165) is 5.76 Å². The highest BCUT2D eigenvalue weighted by Gasteiger charge is 2.14. The molecule has 3 N–H and O–H groups in total. The third-order valence-electron chi connectivity index (χ3n) is 2.85. The van der Waals surface area contributed by atoms with Crippen molar-refractivity contribution < 1.29 is 14.5 Å². The zero-order valence-corrected chi connectivity index (χ0v) is 12.4. The first-order valence-electron chi connectivity index (χ1n) is 6.18. The first-order valence-corrected chi connectivity index (χ1v) is 6.93. The molecule has 1 aromatic carbocycles. The number of amides is 1. The number of benzene rings is 1. The van der Waals surface area contributed by atoms with Gasteiger partial charge in [-0.05, 0) is 37.3 Å². The summed E-state index contributed by atoms with van der Waals surface area (Å²) in [5, 5.41) is 5.59. The van der Waals surface area contributed by atoms with E-state index in [0.29, 0.717) is 15.7 Å². The summed E-state index contributed by atoms with van der Waals surface area (Å²) in [5.74, 6) is 0.704. The van der Waals surface area contributed by atoms with E-state index in [2.05, 4.69) is 5.32 Å². The molecule has 0 aliphatic rings. The Morgan fingerprint density at radius 2 is 2.20 bits per heavy atom. The Morgan fingerprint density at radius 3 is 2.85 bits per heavy atom. The number of rotatable bonds is 5. The summed E-state index contributed by atoms with van der Waals surface area (Å²) >= 11 is 11.8. The zero-order chi connectivity index (χ0) is 14.5. The smallest absolute Gasteiger partial charge is 0.279 e. The quantitative estimate of drug-likeness (QED) is 0.891. The van der Waals surface area contributed by atoms with Crippen molar-refractivity contribution in [2.24, 2.45) is 0 Å². The topological polar surface area (TPSA) is 58.9 Å². The number of furan rings is 1. The van der Waals surface area contributed by atoms with Gasteiger partial charge in [0.25, 0.3) is 5.91 Å². The van der Waals surface area contributed by atoms with Crippen molar-refractivity contribution >= 4 is 34.8 Å². The normalized spacial score (nSPS) is 12.2. The van der Waals surface area contributed by atoms with E-state index in [-0.39, 0.29) is 18.5 Å². The van der Waals surface area contributed by atoms with Gasteiger partial charge in [0.15, 0.2) is 12.3 Å². The molecule has 0 unspecified atom stereocenters. The van der Waals surface area contributed by atoms with E-state index >= 15 is 0 Å². The highest BCUT2D eigenvalue weighted by Crippen LogP contribution is 2.25. The van der Waals surface area contributed by atoms with Gasteiger partial charge in [0.1, 0.15) is 6.04 Å². The van der Waals surface area contributed by atoms with Crippen molar-refractivity contribution in [3.8, 4) is 0 Å². The van der Waals surface area contributed by atoms with Crippen LogP contribution in [0.3, 0.4) is 0 Å². The minimum absolute atomic E-state index is 0.0800. The number of carbonyl (C=O) groups is 1. The van der Waals surface area contributed by atoms with Gasteiger partial charge in [-0.1, -0.05) is 23.2 Å². The van der Waals surface area contributed by atoms with Crippen molar-refractivity contribution in [2.45, 2.75) is 13.0 Å². The lowest BCUT2D eigenvalue weighted by molar-refractivity contribution is -0.684. The minimum Gasteiger partial charge on any atom is -0.463 e. The Kier molecular flexibility index (Phi) is 5.06. The average molecular weight is 314 g/mol. The molecule has 0 fully saturated rings. The van der Waals surface area contributed by atoms with Crippen LogP contribution in [0.15, 0.2) is 41.0 Å².